The first-order valence-electron chi connectivity index (χ1n) is 9.97. The first-order chi connectivity index (χ1) is 14.6. The van der Waals surface area contributed by atoms with Gasteiger partial charge in [-0.25, -0.2) is 4.98 Å². The number of fused-ring (bicyclic) bond motifs is 1. The topological polar surface area (TPSA) is 84.1 Å². The average molecular weight is 422 g/mol. The van der Waals surface area contributed by atoms with E-state index in [1.807, 2.05) is 54.6 Å². The number of H-pyrrole nitrogens is 1. The van der Waals surface area contributed by atoms with Gasteiger partial charge in [-0.1, -0.05) is 61.2 Å². The molecule has 1 amide bonds. The molecule has 30 heavy (non-hydrogen) atoms. The third-order valence-corrected chi connectivity index (χ3v) is 5.85. The molecule has 6 nitrogen and oxygen atoms in total. The maximum atomic E-state index is 12.9. The Morgan fingerprint density at radius 3 is 2.60 bits per heavy atom. The van der Waals surface area contributed by atoms with Crippen LogP contribution in [0, 0.1) is 0 Å². The van der Waals surface area contributed by atoms with Gasteiger partial charge in [-0.05, 0) is 29.7 Å². The second-order valence-corrected chi connectivity index (χ2v) is 8.09. The van der Waals surface area contributed by atoms with Crippen molar-refractivity contribution in [3.05, 3.63) is 81.6 Å². The molecule has 0 radical (unpaired) electrons. The highest BCUT2D eigenvalue weighted by Gasteiger charge is 2.31. The number of aromatic amines is 1. The minimum absolute atomic E-state index is 0.143. The Labute approximate surface area is 179 Å². The lowest BCUT2D eigenvalue weighted by Gasteiger charge is -2.24. The van der Waals surface area contributed by atoms with Gasteiger partial charge in [0.05, 0.1) is 12.2 Å². The van der Waals surface area contributed by atoms with Crippen LogP contribution in [0.3, 0.4) is 0 Å². The Hall–Kier alpha value is -3.06. The molecule has 0 aliphatic carbocycles. The summed E-state index contributed by atoms with van der Waals surface area (Å²) in [6, 6.07) is 17.5. The molecule has 3 aromatic rings. The number of ether oxygens (including phenoxy) is 1. The number of carbonyl (C=O) groups excluding carboxylic acids is 1. The van der Waals surface area contributed by atoms with E-state index in [1.165, 1.54) is 11.8 Å². The molecule has 0 fully saturated rings. The normalized spacial score (nSPS) is 15.4. The minimum Gasteiger partial charge on any atom is -0.494 e. The van der Waals surface area contributed by atoms with Gasteiger partial charge < -0.3 is 15.0 Å². The zero-order chi connectivity index (χ0) is 20.9. The fourth-order valence-corrected chi connectivity index (χ4v) is 4.26. The zero-order valence-electron chi connectivity index (χ0n) is 16.7. The number of carbonyl (C=O) groups is 1. The van der Waals surface area contributed by atoms with Crippen molar-refractivity contribution in [2.75, 3.05) is 11.9 Å². The SMILES string of the molecule is CCCOc1ccc([C@H]2CC(=O)Nc3nc(SCc4ccccc4)[nH]c(=O)c32)cc1. The van der Waals surface area contributed by atoms with Crippen molar-refractivity contribution in [1.29, 1.82) is 0 Å². The summed E-state index contributed by atoms with van der Waals surface area (Å²) in [5.41, 5.74) is 2.31. The van der Waals surface area contributed by atoms with E-state index in [4.69, 9.17) is 4.74 Å². The Balaban J connectivity index is 1.59. The zero-order valence-corrected chi connectivity index (χ0v) is 17.5. The Morgan fingerprint density at radius 2 is 1.87 bits per heavy atom. The number of rotatable bonds is 7. The summed E-state index contributed by atoms with van der Waals surface area (Å²) < 4.78 is 5.63. The molecule has 2 N–H and O–H groups in total. The molecule has 1 atom stereocenters. The summed E-state index contributed by atoms with van der Waals surface area (Å²) in [7, 11) is 0. The van der Waals surface area contributed by atoms with E-state index in [-0.39, 0.29) is 23.8 Å². The Morgan fingerprint density at radius 1 is 1.10 bits per heavy atom. The van der Waals surface area contributed by atoms with Crippen molar-refractivity contribution in [2.24, 2.45) is 0 Å². The number of hydrogen-bond acceptors (Lipinski definition) is 5. The van der Waals surface area contributed by atoms with Gasteiger partial charge in [-0.2, -0.15) is 0 Å². The van der Waals surface area contributed by atoms with Crippen molar-refractivity contribution in [1.82, 2.24) is 9.97 Å². The van der Waals surface area contributed by atoms with Crippen LogP contribution in [0.4, 0.5) is 5.82 Å². The maximum Gasteiger partial charge on any atom is 0.257 e. The Bertz CT molecular complexity index is 1080. The van der Waals surface area contributed by atoms with E-state index >= 15 is 0 Å². The quantitative estimate of drug-likeness (QED) is 0.438. The number of benzene rings is 2. The van der Waals surface area contributed by atoms with Gasteiger partial charge in [0.25, 0.3) is 5.56 Å². The molecule has 1 aliphatic rings. The van der Waals surface area contributed by atoms with Gasteiger partial charge in [-0.3, -0.25) is 9.59 Å². The summed E-state index contributed by atoms with van der Waals surface area (Å²) in [6.07, 6.45) is 1.15. The number of amides is 1. The summed E-state index contributed by atoms with van der Waals surface area (Å²) >= 11 is 1.43. The number of anilines is 1. The lowest BCUT2D eigenvalue weighted by atomic mass is 9.87. The van der Waals surface area contributed by atoms with Gasteiger partial charge in [-0.15, -0.1) is 0 Å². The van der Waals surface area contributed by atoms with Crippen LogP contribution in [0.25, 0.3) is 0 Å². The maximum absolute atomic E-state index is 12.9. The monoisotopic (exact) mass is 421 g/mol. The molecule has 0 unspecified atom stereocenters. The van der Waals surface area contributed by atoms with E-state index in [0.29, 0.717) is 28.9 Å². The van der Waals surface area contributed by atoms with Crippen LogP contribution in [-0.4, -0.2) is 22.5 Å². The lowest BCUT2D eigenvalue weighted by molar-refractivity contribution is -0.116. The van der Waals surface area contributed by atoms with Gasteiger partial charge in [0.2, 0.25) is 5.91 Å². The predicted octanol–water partition coefficient (Wildman–Crippen LogP) is 4.33. The molecule has 2 heterocycles. The average Bonchev–Trinajstić information content (AvgIpc) is 2.76. The van der Waals surface area contributed by atoms with Crippen LogP contribution in [-0.2, 0) is 10.5 Å². The number of nitrogens with zero attached hydrogens (tertiary/aromatic N) is 1. The van der Waals surface area contributed by atoms with Crippen LogP contribution in [0.2, 0.25) is 0 Å². The highest BCUT2D eigenvalue weighted by atomic mass is 32.2. The van der Waals surface area contributed by atoms with Crippen LogP contribution in [0.15, 0.2) is 64.5 Å². The van der Waals surface area contributed by atoms with Crippen LogP contribution < -0.4 is 15.6 Å². The molecule has 0 saturated carbocycles. The molecule has 0 spiro atoms. The van der Waals surface area contributed by atoms with Crippen molar-refractivity contribution in [2.45, 2.75) is 36.6 Å². The van der Waals surface area contributed by atoms with Crippen molar-refractivity contribution < 1.29 is 9.53 Å². The highest BCUT2D eigenvalue weighted by Crippen LogP contribution is 2.35. The van der Waals surface area contributed by atoms with Crippen molar-refractivity contribution in [3.63, 3.8) is 0 Å². The number of hydrogen-bond donors (Lipinski definition) is 2. The van der Waals surface area contributed by atoms with Gasteiger partial charge in [0.15, 0.2) is 5.16 Å². The summed E-state index contributed by atoms with van der Waals surface area (Å²) in [5.74, 6) is 1.33. The van der Waals surface area contributed by atoms with Crippen molar-refractivity contribution in [3.8, 4) is 5.75 Å². The number of nitrogens with one attached hydrogen (secondary N) is 2. The lowest BCUT2D eigenvalue weighted by Crippen LogP contribution is -2.31. The third-order valence-electron chi connectivity index (χ3n) is 4.90. The van der Waals surface area contributed by atoms with Crippen LogP contribution in [0.1, 0.15) is 42.4 Å². The van der Waals surface area contributed by atoms with E-state index in [1.54, 1.807) is 0 Å². The Kier molecular flexibility index (Phi) is 6.18. The first kappa shape index (κ1) is 20.2. The van der Waals surface area contributed by atoms with Gasteiger partial charge >= 0.3 is 0 Å². The molecule has 7 heteroatoms. The second kappa shape index (κ2) is 9.17. The van der Waals surface area contributed by atoms with Crippen molar-refractivity contribution >= 4 is 23.5 Å². The van der Waals surface area contributed by atoms with Crippen LogP contribution in [0.5, 0.6) is 5.75 Å². The molecule has 2 aromatic carbocycles. The summed E-state index contributed by atoms with van der Waals surface area (Å²) in [6.45, 7) is 2.71. The molecule has 1 aliphatic heterocycles. The molecular formula is C23H23N3O3S. The van der Waals surface area contributed by atoms with Gasteiger partial charge in [0.1, 0.15) is 11.6 Å². The van der Waals surface area contributed by atoms with E-state index in [2.05, 4.69) is 22.2 Å². The molecule has 154 valence electrons. The molecule has 1 aromatic heterocycles. The van der Waals surface area contributed by atoms with Gasteiger partial charge in [0, 0.05) is 18.1 Å². The van der Waals surface area contributed by atoms with E-state index in [0.717, 1.165) is 23.3 Å². The fourth-order valence-electron chi connectivity index (χ4n) is 3.45. The number of thioether (sulfide) groups is 1. The fraction of sp³-hybridized carbons (Fsp3) is 0.261. The third kappa shape index (κ3) is 4.57. The smallest absolute Gasteiger partial charge is 0.257 e. The molecule has 0 saturated heterocycles. The largest absolute Gasteiger partial charge is 0.494 e. The number of aromatic nitrogens is 2. The second-order valence-electron chi connectivity index (χ2n) is 7.13. The molecule has 0 bridgehead atoms. The highest BCUT2D eigenvalue weighted by molar-refractivity contribution is 7.98. The summed E-state index contributed by atoms with van der Waals surface area (Å²) in [4.78, 5) is 32.6. The predicted molar refractivity (Wildman–Crippen MR) is 118 cm³/mol. The first-order valence-corrected chi connectivity index (χ1v) is 11.0. The standard InChI is InChI=1S/C23H23N3O3S/c1-2-12-29-17-10-8-16(9-11-17)18-13-19(27)24-21-20(18)22(28)26-23(25-21)30-14-15-6-4-3-5-7-15/h3-11,18H,2,12-14H2,1H3,(H2,24,25,26,27,28)/t18-/m1/s1. The van der Waals surface area contributed by atoms with E-state index < -0.39 is 0 Å². The summed E-state index contributed by atoms with van der Waals surface area (Å²) in [5, 5.41) is 3.26. The molecular weight excluding hydrogens is 398 g/mol. The van der Waals surface area contributed by atoms with Crippen LogP contribution >= 0.6 is 11.8 Å². The van der Waals surface area contributed by atoms with E-state index in [9.17, 15) is 9.59 Å². The molecule has 4 rings (SSSR count). The minimum atomic E-state index is -0.335.